The monoisotopic (exact) mass is 298 g/mol. The van der Waals surface area contributed by atoms with Gasteiger partial charge in [-0.25, -0.2) is 4.79 Å². The van der Waals surface area contributed by atoms with E-state index in [0.29, 0.717) is 45.7 Å². The number of nitrogens with zero attached hydrogens (tertiary/aromatic N) is 2. The number of nitrogens with one attached hydrogen (secondary N) is 2. The average Bonchev–Trinajstić information content (AvgIpc) is 2.89. The molecule has 2 saturated heterocycles. The van der Waals surface area contributed by atoms with Crippen molar-refractivity contribution in [3.63, 3.8) is 0 Å². The molecule has 1 unspecified atom stereocenters. The minimum absolute atomic E-state index is 0.0401. The molecule has 0 bridgehead atoms. The van der Waals surface area contributed by atoms with Gasteiger partial charge < -0.3 is 20.6 Å². The van der Waals surface area contributed by atoms with E-state index in [0.717, 1.165) is 6.42 Å². The minimum atomic E-state index is -0.797. The Morgan fingerprint density at radius 1 is 1.29 bits per heavy atom. The molecular weight excluding hydrogens is 276 g/mol. The van der Waals surface area contributed by atoms with E-state index in [4.69, 9.17) is 5.11 Å². The molecule has 3 amide bonds. The minimum Gasteiger partial charge on any atom is -0.481 e. The number of carboxylic acids is 1. The number of rotatable bonds is 5. The quantitative estimate of drug-likeness (QED) is 0.608. The molecule has 2 rings (SSSR count). The molecule has 21 heavy (non-hydrogen) atoms. The van der Waals surface area contributed by atoms with Crippen LogP contribution in [0.2, 0.25) is 0 Å². The topological polar surface area (TPSA) is 102 Å². The highest BCUT2D eigenvalue weighted by molar-refractivity contribution is 5.79. The van der Waals surface area contributed by atoms with Gasteiger partial charge in [0.05, 0.1) is 6.42 Å². The first-order valence-electron chi connectivity index (χ1n) is 7.31. The number of aliphatic carboxylic acids is 1. The van der Waals surface area contributed by atoms with Crippen LogP contribution in [0.4, 0.5) is 4.79 Å². The molecular formula is C13H22N4O4. The highest BCUT2D eigenvalue weighted by atomic mass is 16.4. The molecule has 0 spiro atoms. The number of hydrogen-bond donors (Lipinski definition) is 3. The fraction of sp³-hybridized carbons (Fsp3) is 0.769. The zero-order valence-electron chi connectivity index (χ0n) is 12.0. The first-order chi connectivity index (χ1) is 10.0. The molecule has 2 fully saturated rings. The third-order valence-electron chi connectivity index (χ3n) is 3.89. The molecule has 2 heterocycles. The Labute approximate surface area is 123 Å². The normalized spacial score (nSPS) is 23.0. The molecule has 8 nitrogen and oxygen atoms in total. The van der Waals surface area contributed by atoms with E-state index in [1.807, 2.05) is 0 Å². The average molecular weight is 298 g/mol. The van der Waals surface area contributed by atoms with Crippen molar-refractivity contribution < 1.29 is 19.5 Å². The summed E-state index contributed by atoms with van der Waals surface area (Å²) in [6.07, 6.45) is 1.43. The Hall–Kier alpha value is -1.83. The van der Waals surface area contributed by atoms with Crippen LogP contribution in [-0.2, 0) is 9.59 Å². The van der Waals surface area contributed by atoms with E-state index in [2.05, 4.69) is 15.5 Å². The number of carbonyl (C=O) groups excluding carboxylic acids is 2. The zero-order chi connectivity index (χ0) is 15.2. The van der Waals surface area contributed by atoms with Crippen LogP contribution in [0.5, 0.6) is 0 Å². The van der Waals surface area contributed by atoms with Crippen molar-refractivity contribution in [2.24, 2.45) is 0 Å². The van der Waals surface area contributed by atoms with Crippen LogP contribution in [0.25, 0.3) is 0 Å². The van der Waals surface area contributed by atoms with Gasteiger partial charge in [0.25, 0.3) is 0 Å². The summed E-state index contributed by atoms with van der Waals surface area (Å²) < 4.78 is 0. The zero-order valence-corrected chi connectivity index (χ0v) is 12.0. The van der Waals surface area contributed by atoms with E-state index in [9.17, 15) is 14.4 Å². The van der Waals surface area contributed by atoms with Gasteiger partial charge in [-0.05, 0) is 6.42 Å². The molecule has 0 radical (unpaired) electrons. The molecule has 0 aromatic heterocycles. The number of carboxylic acid groups (broad SMARTS) is 1. The second kappa shape index (κ2) is 7.26. The maximum Gasteiger partial charge on any atom is 0.317 e. The smallest absolute Gasteiger partial charge is 0.317 e. The van der Waals surface area contributed by atoms with Crippen molar-refractivity contribution in [1.29, 1.82) is 0 Å². The fourth-order valence-electron chi connectivity index (χ4n) is 2.58. The Kier molecular flexibility index (Phi) is 5.38. The summed E-state index contributed by atoms with van der Waals surface area (Å²) in [7, 11) is 0. The largest absolute Gasteiger partial charge is 0.481 e. The van der Waals surface area contributed by atoms with Crippen molar-refractivity contribution in [1.82, 2.24) is 20.4 Å². The molecule has 118 valence electrons. The first kappa shape index (κ1) is 15.6. The van der Waals surface area contributed by atoms with E-state index >= 15 is 0 Å². The van der Waals surface area contributed by atoms with Gasteiger partial charge in [-0.1, -0.05) is 0 Å². The number of carbonyl (C=O) groups is 3. The van der Waals surface area contributed by atoms with Crippen molar-refractivity contribution in [3.8, 4) is 0 Å². The highest BCUT2D eigenvalue weighted by Crippen LogP contribution is 2.06. The summed E-state index contributed by atoms with van der Waals surface area (Å²) in [5, 5.41) is 14.3. The van der Waals surface area contributed by atoms with Crippen LogP contribution in [0, 0.1) is 0 Å². The van der Waals surface area contributed by atoms with Crippen molar-refractivity contribution in [2.45, 2.75) is 25.3 Å². The summed E-state index contributed by atoms with van der Waals surface area (Å²) >= 11 is 0. The molecule has 0 aromatic carbocycles. The van der Waals surface area contributed by atoms with Crippen LogP contribution in [-0.4, -0.2) is 78.1 Å². The lowest BCUT2D eigenvalue weighted by Gasteiger charge is -2.34. The Balaban J connectivity index is 1.63. The Bertz CT molecular complexity index is 407. The number of hydrogen-bond acceptors (Lipinski definition) is 4. The van der Waals surface area contributed by atoms with E-state index < -0.39 is 5.97 Å². The summed E-state index contributed by atoms with van der Waals surface area (Å²) in [5.41, 5.74) is 0. The van der Waals surface area contributed by atoms with Crippen LogP contribution in [0.15, 0.2) is 0 Å². The predicted molar refractivity (Wildman–Crippen MR) is 74.8 cm³/mol. The number of piperazine rings is 1. The first-order valence-corrected chi connectivity index (χ1v) is 7.31. The lowest BCUT2D eigenvalue weighted by molar-refractivity contribution is -0.137. The lowest BCUT2D eigenvalue weighted by Crippen LogP contribution is -2.53. The lowest BCUT2D eigenvalue weighted by atomic mass is 10.2. The van der Waals surface area contributed by atoms with Gasteiger partial charge in [0.2, 0.25) is 5.91 Å². The molecule has 1 atom stereocenters. The molecule has 0 saturated carbocycles. The van der Waals surface area contributed by atoms with Gasteiger partial charge in [-0.2, -0.15) is 0 Å². The van der Waals surface area contributed by atoms with Crippen LogP contribution in [0.3, 0.4) is 0 Å². The Morgan fingerprint density at radius 3 is 2.57 bits per heavy atom. The number of amides is 3. The van der Waals surface area contributed by atoms with Crippen molar-refractivity contribution in [2.75, 3.05) is 39.3 Å². The van der Waals surface area contributed by atoms with Gasteiger partial charge in [0.15, 0.2) is 0 Å². The van der Waals surface area contributed by atoms with Gasteiger partial charge in [-0.15, -0.1) is 0 Å². The maximum absolute atomic E-state index is 12.0. The van der Waals surface area contributed by atoms with Crippen LogP contribution >= 0.6 is 0 Å². The summed E-state index contributed by atoms with van der Waals surface area (Å²) in [6.45, 7) is 3.58. The van der Waals surface area contributed by atoms with Crippen molar-refractivity contribution in [3.05, 3.63) is 0 Å². The highest BCUT2D eigenvalue weighted by Gasteiger charge is 2.24. The molecule has 3 N–H and O–H groups in total. The summed E-state index contributed by atoms with van der Waals surface area (Å²) in [6, 6.07) is -0.0765. The van der Waals surface area contributed by atoms with E-state index in [1.165, 1.54) is 0 Å². The molecule has 2 aliphatic rings. The summed E-state index contributed by atoms with van der Waals surface area (Å²) in [4.78, 5) is 37.4. The van der Waals surface area contributed by atoms with Gasteiger partial charge >= 0.3 is 12.0 Å². The molecule has 0 aliphatic carbocycles. The molecule has 8 heteroatoms. The third-order valence-corrected chi connectivity index (χ3v) is 3.89. The standard InChI is InChI=1S/C13H22N4O4/c18-11-2-1-10(15-11)9-14-13(21)17-7-5-16(6-8-17)4-3-12(19)20/h10H,1-9H2,(H,14,21)(H,15,18)(H,19,20). The predicted octanol–water partition coefficient (Wildman–Crippen LogP) is -0.933. The van der Waals surface area contributed by atoms with E-state index in [-0.39, 0.29) is 24.4 Å². The second-order valence-electron chi connectivity index (χ2n) is 5.46. The third kappa shape index (κ3) is 4.89. The van der Waals surface area contributed by atoms with Gasteiger partial charge in [-0.3, -0.25) is 14.5 Å². The molecule has 0 aromatic rings. The van der Waals surface area contributed by atoms with Crippen molar-refractivity contribution >= 4 is 17.9 Å². The molecule has 2 aliphatic heterocycles. The van der Waals surface area contributed by atoms with Crippen LogP contribution < -0.4 is 10.6 Å². The fourth-order valence-corrected chi connectivity index (χ4v) is 2.58. The van der Waals surface area contributed by atoms with Gasteiger partial charge in [0, 0.05) is 51.7 Å². The van der Waals surface area contributed by atoms with Gasteiger partial charge in [0.1, 0.15) is 0 Å². The summed E-state index contributed by atoms with van der Waals surface area (Å²) in [5.74, 6) is -0.755. The van der Waals surface area contributed by atoms with Crippen LogP contribution in [0.1, 0.15) is 19.3 Å². The Morgan fingerprint density at radius 2 is 2.00 bits per heavy atom. The second-order valence-corrected chi connectivity index (χ2v) is 5.46. The SMILES string of the molecule is O=C(O)CCN1CCN(C(=O)NCC2CCC(=O)N2)CC1. The van der Waals surface area contributed by atoms with E-state index in [1.54, 1.807) is 4.90 Å². The maximum atomic E-state index is 12.0. The number of urea groups is 1.